The van der Waals surface area contributed by atoms with Crippen LogP contribution >= 0.6 is 23.5 Å². The Bertz CT molecular complexity index is 2040. The number of fused-ring (bicyclic) bond motifs is 7. The molecule has 6 aromatic carbocycles. The van der Waals surface area contributed by atoms with E-state index < -0.39 is 0 Å². The van der Waals surface area contributed by atoms with Crippen molar-refractivity contribution in [2.45, 2.75) is 58.7 Å². The van der Waals surface area contributed by atoms with Crippen molar-refractivity contribution in [2.24, 2.45) is 0 Å². The average Bonchev–Trinajstić information content (AvgIpc) is 3.43. The van der Waals surface area contributed by atoms with Gasteiger partial charge in [0.1, 0.15) is 0 Å². The van der Waals surface area contributed by atoms with Gasteiger partial charge in [-0.1, -0.05) is 98.2 Å². The minimum absolute atomic E-state index is 1.02. The third kappa shape index (κ3) is 4.83. The molecule has 0 bridgehead atoms. The predicted octanol–water partition coefficient (Wildman–Crippen LogP) is 13.2. The first-order valence-electron chi connectivity index (χ1n) is 16.7. The second kappa shape index (κ2) is 11.9. The molecule has 230 valence electrons. The molecule has 0 saturated heterocycles. The Labute approximate surface area is 284 Å². The lowest BCUT2D eigenvalue weighted by molar-refractivity contribution is 0.602. The maximum absolute atomic E-state index is 2.57. The van der Waals surface area contributed by atoms with E-state index in [0.29, 0.717) is 0 Å². The molecule has 3 heterocycles. The predicted molar refractivity (Wildman–Crippen MR) is 201 cm³/mol. The summed E-state index contributed by atoms with van der Waals surface area (Å²) in [5, 5.41) is 2.60. The average molecular weight is 646 g/mol. The smallest absolute Gasteiger partial charge is 0.0601 e. The van der Waals surface area contributed by atoms with Crippen LogP contribution in [0.2, 0.25) is 0 Å². The topological polar surface area (TPSA) is 11.4 Å². The quantitative estimate of drug-likeness (QED) is 0.160. The zero-order valence-electron chi connectivity index (χ0n) is 26.4. The van der Waals surface area contributed by atoms with Gasteiger partial charge in [0.05, 0.1) is 22.7 Å². The Hall–Kier alpha value is -4.58. The summed E-state index contributed by atoms with van der Waals surface area (Å²) in [5.74, 6) is 0. The highest BCUT2D eigenvalue weighted by Crippen LogP contribution is 2.53. The lowest BCUT2D eigenvalue weighted by Crippen LogP contribution is -2.14. The number of unbranched alkanes of at least 4 members (excludes halogenated alkanes) is 3. The Morgan fingerprint density at radius 2 is 0.851 bits per heavy atom. The van der Waals surface area contributed by atoms with Gasteiger partial charge in [0.15, 0.2) is 0 Å². The molecule has 1 aromatic heterocycles. The summed E-state index contributed by atoms with van der Waals surface area (Å²) in [6.45, 7) is 3.31. The lowest BCUT2D eigenvalue weighted by atomic mass is 10.1. The summed E-state index contributed by atoms with van der Waals surface area (Å²) in [6.07, 6.45) is 4.97. The van der Waals surface area contributed by atoms with E-state index in [1.165, 1.54) is 101 Å². The lowest BCUT2D eigenvalue weighted by Gasteiger charge is -2.33. The third-order valence-corrected chi connectivity index (χ3v) is 11.7. The fourth-order valence-electron chi connectivity index (χ4n) is 7.26. The second-order valence-corrected chi connectivity index (χ2v) is 14.5. The van der Waals surface area contributed by atoms with Crippen molar-refractivity contribution >= 4 is 79.5 Å². The summed E-state index contributed by atoms with van der Waals surface area (Å²) in [6, 6.07) is 49.4. The Kier molecular flexibility index (Phi) is 7.25. The number of aromatic nitrogens is 1. The van der Waals surface area contributed by atoms with Gasteiger partial charge in [0, 0.05) is 59.3 Å². The number of anilines is 6. The van der Waals surface area contributed by atoms with Crippen LogP contribution in [0.4, 0.5) is 34.1 Å². The normalized spacial score (nSPS) is 13.4. The van der Waals surface area contributed by atoms with Crippen LogP contribution in [0.25, 0.3) is 21.8 Å². The molecule has 0 radical (unpaired) electrons. The van der Waals surface area contributed by atoms with Gasteiger partial charge in [0.25, 0.3) is 0 Å². The molecule has 0 saturated carbocycles. The monoisotopic (exact) mass is 645 g/mol. The number of nitrogens with zero attached hydrogens (tertiary/aromatic N) is 3. The van der Waals surface area contributed by atoms with Gasteiger partial charge in [0.2, 0.25) is 0 Å². The van der Waals surface area contributed by atoms with Gasteiger partial charge in [-0.15, -0.1) is 0 Å². The number of rotatable bonds is 7. The van der Waals surface area contributed by atoms with E-state index in [-0.39, 0.29) is 0 Å². The molecule has 5 heteroatoms. The van der Waals surface area contributed by atoms with E-state index >= 15 is 0 Å². The van der Waals surface area contributed by atoms with Gasteiger partial charge in [-0.25, -0.2) is 0 Å². The highest BCUT2D eigenvalue weighted by atomic mass is 32.2. The Morgan fingerprint density at radius 1 is 0.447 bits per heavy atom. The summed E-state index contributed by atoms with van der Waals surface area (Å²) < 4.78 is 2.57. The zero-order chi connectivity index (χ0) is 31.3. The third-order valence-electron chi connectivity index (χ3n) is 9.45. The van der Waals surface area contributed by atoms with E-state index in [4.69, 9.17) is 0 Å². The van der Waals surface area contributed by atoms with Crippen molar-refractivity contribution in [3.8, 4) is 0 Å². The first-order valence-corrected chi connectivity index (χ1v) is 18.3. The van der Waals surface area contributed by atoms with Crippen LogP contribution in [0.3, 0.4) is 0 Å². The summed E-state index contributed by atoms with van der Waals surface area (Å²) in [4.78, 5) is 10.0. The van der Waals surface area contributed by atoms with E-state index in [2.05, 4.69) is 155 Å². The molecule has 0 N–H and O–H groups in total. The fraction of sp³-hybridized carbons (Fsp3) is 0.143. The fourth-order valence-corrected chi connectivity index (χ4v) is 9.38. The zero-order valence-corrected chi connectivity index (χ0v) is 28.0. The van der Waals surface area contributed by atoms with Crippen LogP contribution in [-0.4, -0.2) is 4.57 Å². The van der Waals surface area contributed by atoms with Gasteiger partial charge in [-0.05, 0) is 91.3 Å². The Balaban J connectivity index is 1.25. The maximum Gasteiger partial charge on any atom is 0.0601 e. The van der Waals surface area contributed by atoms with Crippen molar-refractivity contribution in [3.05, 3.63) is 133 Å². The van der Waals surface area contributed by atoms with Gasteiger partial charge in [-0.3, -0.25) is 0 Å². The number of benzene rings is 6. The standard InChI is InChI=1S/C42H35N3S2/c1-2-3-4-13-26-43-33-24-22-29(44-35-14-5-9-18-39(35)46-40-19-10-6-15-36(40)44)27-31(33)32-28-30(23-25-34(32)43)45-37-16-7-11-20-41(37)47-42-21-12-8-17-38(42)45/h5-12,14-25,27-28H,2-4,13,26H2,1H3. The van der Waals surface area contributed by atoms with Crippen molar-refractivity contribution < 1.29 is 0 Å². The molecular weight excluding hydrogens is 611 g/mol. The molecule has 0 fully saturated rings. The number of hydrogen-bond acceptors (Lipinski definition) is 4. The SMILES string of the molecule is CCCCCCn1c2ccc(N3c4ccccc4Sc4ccccc43)cc2c2cc(N3c4ccccc4Sc4ccccc43)ccc21. The molecule has 2 aliphatic heterocycles. The molecule has 0 spiro atoms. The largest absolute Gasteiger partial charge is 0.340 e. The summed E-state index contributed by atoms with van der Waals surface area (Å²) in [7, 11) is 0. The highest BCUT2D eigenvalue weighted by molar-refractivity contribution is 8.00. The van der Waals surface area contributed by atoms with Crippen LogP contribution in [-0.2, 0) is 6.54 Å². The molecule has 47 heavy (non-hydrogen) atoms. The minimum atomic E-state index is 1.02. The van der Waals surface area contributed by atoms with E-state index in [1.54, 1.807) is 0 Å². The van der Waals surface area contributed by atoms with E-state index in [0.717, 1.165) is 6.54 Å². The van der Waals surface area contributed by atoms with Crippen LogP contribution in [0.5, 0.6) is 0 Å². The number of para-hydroxylation sites is 4. The van der Waals surface area contributed by atoms with Crippen molar-refractivity contribution in [1.82, 2.24) is 4.57 Å². The van der Waals surface area contributed by atoms with Crippen molar-refractivity contribution in [2.75, 3.05) is 9.80 Å². The van der Waals surface area contributed by atoms with Gasteiger partial charge < -0.3 is 14.4 Å². The van der Waals surface area contributed by atoms with E-state index in [9.17, 15) is 0 Å². The van der Waals surface area contributed by atoms with Crippen LogP contribution in [0.15, 0.2) is 153 Å². The first-order chi connectivity index (χ1) is 23.3. The highest BCUT2D eigenvalue weighted by Gasteiger charge is 2.27. The summed E-state index contributed by atoms with van der Waals surface area (Å²) >= 11 is 3.72. The number of hydrogen-bond donors (Lipinski definition) is 0. The number of aryl methyl sites for hydroxylation is 1. The maximum atomic E-state index is 2.57. The molecule has 0 unspecified atom stereocenters. The molecule has 9 rings (SSSR count). The molecule has 0 atom stereocenters. The Morgan fingerprint density at radius 3 is 1.26 bits per heavy atom. The molecule has 2 aliphatic rings. The first kappa shape index (κ1) is 28.6. The molecule has 0 aliphatic carbocycles. The van der Waals surface area contributed by atoms with Gasteiger partial charge >= 0.3 is 0 Å². The molecule has 7 aromatic rings. The molecule has 0 amide bonds. The van der Waals surface area contributed by atoms with Crippen molar-refractivity contribution in [1.29, 1.82) is 0 Å². The van der Waals surface area contributed by atoms with Crippen molar-refractivity contribution in [3.63, 3.8) is 0 Å². The van der Waals surface area contributed by atoms with Gasteiger partial charge in [-0.2, -0.15) is 0 Å². The van der Waals surface area contributed by atoms with E-state index in [1.807, 2.05) is 23.5 Å². The summed E-state index contributed by atoms with van der Waals surface area (Å²) in [5.41, 5.74) is 9.94. The molecular formula is C42H35N3S2. The molecule has 3 nitrogen and oxygen atoms in total. The minimum Gasteiger partial charge on any atom is -0.340 e. The van der Waals surface area contributed by atoms with Crippen LogP contribution in [0.1, 0.15) is 32.6 Å². The van der Waals surface area contributed by atoms with Crippen LogP contribution < -0.4 is 9.80 Å². The van der Waals surface area contributed by atoms with Crippen LogP contribution in [0, 0.1) is 0 Å². The second-order valence-electron chi connectivity index (χ2n) is 12.4.